The van der Waals surface area contributed by atoms with E-state index in [4.69, 9.17) is 5.73 Å². The lowest BCUT2D eigenvalue weighted by Gasteiger charge is -2.14. The molecular weight excluding hydrogens is 380 g/mol. The van der Waals surface area contributed by atoms with Crippen LogP contribution in [0.1, 0.15) is 26.3 Å². The number of carbonyl (C=O) groups is 2. The van der Waals surface area contributed by atoms with Gasteiger partial charge >= 0.3 is 6.18 Å². The zero-order chi connectivity index (χ0) is 20.3. The summed E-state index contributed by atoms with van der Waals surface area (Å²) in [6.45, 7) is 0. The smallest absolute Gasteiger partial charge is 0.384 e. The molecule has 0 atom stereocenters. The third-order valence-corrected chi connectivity index (χ3v) is 3.76. The Bertz CT molecular complexity index is 1110. The molecule has 1 aliphatic rings. The first-order chi connectivity index (χ1) is 12.4. The highest BCUT2D eigenvalue weighted by Crippen LogP contribution is 2.37. The number of nitrogens with one attached hydrogen (secondary N) is 1. The van der Waals surface area contributed by atoms with E-state index >= 15 is 0 Å². The summed E-state index contributed by atoms with van der Waals surface area (Å²) >= 11 is 0. The van der Waals surface area contributed by atoms with Crippen molar-refractivity contribution in [2.24, 2.45) is 0 Å². The van der Waals surface area contributed by atoms with Gasteiger partial charge in [-0.3, -0.25) is 34.4 Å². The van der Waals surface area contributed by atoms with Crippen molar-refractivity contribution in [2.45, 2.75) is 6.18 Å². The molecule has 1 aromatic heterocycles. The van der Waals surface area contributed by atoms with E-state index in [9.17, 15) is 42.1 Å². The maximum absolute atomic E-state index is 13.9. The number of nitrogen functional groups attached to an aromatic ring is 1. The molecule has 0 bridgehead atoms. The number of anilines is 1. The fourth-order valence-corrected chi connectivity index (χ4v) is 2.62. The second-order valence-electron chi connectivity index (χ2n) is 5.35. The van der Waals surface area contributed by atoms with E-state index in [-0.39, 0.29) is 12.1 Å². The number of nitrogens with two attached hydrogens (primary N) is 1. The Morgan fingerprint density at radius 2 is 1.74 bits per heavy atom. The number of alkyl halides is 3. The summed E-state index contributed by atoms with van der Waals surface area (Å²) in [5, 5.41) is 13.0. The highest BCUT2D eigenvalue weighted by atomic mass is 19.4. The maximum atomic E-state index is 13.9. The molecule has 0 unspecified atom stereocenters. The molecule has 2 amide bonds. The van der Waals surface area contributed by atoms with E-state index in [0.717, 1.165) is 0 Å². The van der Waals surface area contributed by atoms with Gasteiger partial charge in [0.25, 0.3) is 23.1 Å². The highest BCUT2D eigenvalue weighted by Gasteiger charge is 2.38. The molecule has 0 fully saturated rings. The van der Waals surface area contributed by atoms with Crippen LogP contribution in [-0.2, 0) is 6.18 Å². The van der Waals surface area contributed by atoms with Crippen molar-refractivity contribution in [3.8, 4) is 5.69 Å². The van der Waals surface area contributed by atoms with E-state index < -0.39 is 68.2 Å². The van der Waals surface area contributed by atoms with Crippen LogP contribution in [0.3, 0.4) is 0 Å². The number of rotatable bonds is 2. The van der Waals surface area contributed by atoms with Crippen molar-refractivity contribution in [3.05, 3.63) is 61.2 Å². The van der Waals surface area contributed by atoms with Crippen LogP contribution in [0.25, 0.3) is 5.69 Å². The van der Waals surface area contributed by atoms with Gasteiger partial charge < -0.3 is 5.73 Å². The molecule has 3 rings (SSSR count). The predicted molar refractivity (Wildman–Crippen MR) is 79.9 cm³/mol. The predicted octanol–water partition coefficient (Wildman–Crippen LogP) is 1.37. The minimum Gasteiger partial charge on any atom is -0.384 e. The minimum absolute atomic E-state index is 0.0883. The summed E-state index contributed by atoms with van der Waals surface area (Å²) in [6, 6.07) is 0.639. The molecule has 140 valence electrons. The Morgan fingerprint density at radius 1 is 1.11 bits per heavy atom. The zero-order valence-electron chi connectivity index (χ0n) is 12.8. The second-order valence-corrected chi connectivity index (χ2v) is 5.35. The van der Waals surface area contributed by atoms with Crippen molar-refractivity contribution < 1.29 is 32.1 Å². The Labute approximate surface area is 145 Å². The summed E-state index contributed by atoms with van der Waals surface area (Å²) in [5.74, 6) is -4.62. The van der Waals surface area contributed by atoms with Crippen molar-refractivity contribution >= 4 is 23.3 Å². The first-order valence-corrected chi connectivity index (χ1v) is 6.90. The first kappa shape index (κ1) is 18.0. The molecule has 9 nitrogen and oxygen atoms in total. The molecular formula is C14H6F4N4O5. The molecule has 2 aromatic rings. The number of hydrogen-bond acceptors (Lipinski definition) is 6. The number of amides is 2. The largest absolute Gasteiger partial charge is 0.419 e. The summed E-state index contributed by atoms with van der Waals surface area (Å²) in [4.78, 5) is 45.5. The van der Waals surface area contributed by atoms with E-state index in [1.165, 1.54) is 0 Å². The number of imide groups is 1. The number of carbonyl (C=O) groups excluding carboxylic acids is 2. The number of hydrogen-bond donors (Lipinski definition) is 2. The summed E-state index contributed by atoms with van der Waals surface area (Å²) in [6.07, 6.45) is -5.23. The zero-order valence-corrected chi connectivity index (χ0v) is 12.8. The van der Waals surface area contributed by atoms with Gasteiger partial charge in [-0.1, -0.05) is 0 Å². The number of benzene rings is 1. The highest BCUT2D eigenvalue weighted by molar-refractivity contribution is 6.23. The van der Waals surface area contributed by atoms with Crippen LogP contribution in [0, 0.1) is 15.9 Å². The van der Waals surface area contributed by atoms with Crippen LogP contribution in [0.15, 0.2) is 23.0 Å². The number of nitrogens with zero attached hydrogens (tertiary/aromatic N) is 2. The van der Waals surface area contributed by atoms with Gasteiger partial charge in [-0.2, -0.15) is 13.2 Å². The molecule has 27 heavy (non-hydrogen) atoms. The normalized spacial score (nSPS) is 13.5. The third kappa shape index (κ3) is 2.68. The minimum atomic E-state index is -5.23. The number of nitro benzene ring substituents is 1. The Kier molecular flexibility index (Phi) is 3.75. The van der Waals surface area contributed by atoms with Crippen molar-refractivity contribution in [2.75, 3.05) is 5.73 Å². The fourth-order valence-electron chi connectivity index (χ4n) is 2.62. The molecule has 0 saturated carbocycles. The van der Waals surface area contributed by atoms with E-state index in [0.29, 0.717) is 10.6 Å². The molecule has 2 heterocycles. The lowest BCUT2D eigenvalue weighted by Crippen LogP contribution is -2.25. The van der Waals surface area contributed by atoms with Crippen LogP contribution >= 0.6 is 0 Å². The molecule has 1 aliphatic heterocycles. The van der Waals surface area contributed by atoms with Gasteiger partial charge in [0.05, 0.1) is 21.6 Å². The van der Waals surface area contributed by atoms with E-state index in [2.05, 4.69) is 0 Å². The number of nitro groups is 1. The van der Waals surface area contributed by atoms with Gasteiger partial charge in [0.15, 0.2) is 0 Å². The molecule has 0 radical (unpaired) electrons. The second kappa shape index (κ2) is 5.62. The molecule has 0 spiro atoms. The number of pyridine rings is 1. The van der Waals surface area contributed by atoms with Crippen molar-refractivity contribution in [1.29, 1.82) is 0 Å². The molecule has 0 aliphatic carbocycles. The van der Waals surface area contributed by atoms with Gasteiger partial charge in [0, 0.05) is 18.2 Å². The van der Waals surface area contributed by atoms with Crippen LogP contribution < -0.4 is 16.6 Å². The van der Waals surface area contributed by atoms with Crippen molar-refractivity contribution in [1.82, 2.24) is 9.88 Å². The lowest BCUT2D eigenvalue weighted by molar-refractivity contribution is -0.384. The molecule has 0 saturated heterocycles. The summed E-state index contributed by atoms with van der Waals surface area (Å²) in [7, 11) is 0. The fraction of sp³-hybridized carbons (Fsp3) is 0.0714. The lowest BCUT2D eigenvalue weighted by atomic mass is 10.1. The molecule has 3 N–H and O–H groups in total. The quantitative estimate of drug-likeness (QED) is 0.346. The van der Waals surface area contributed by atoms with Gasteiger partial charge in [0.1, 0.15) is 17.3 Å². The number of aromatic nitrogens is 1. The van der Waals surface area contributed by atoms with Gasteiger partial charge in [0.2, 0.25) is 0 Å². The molecule has 1 aromatic carbocycles. The SMILES string of the molecule is Nc1c2c(cc(=O)n1-c1cc(F)c(C(F)(F)F)cc1[N+](=O)[O-])C(=O)NC2=O. The average molecular weight is 386 g/mol. The van der Waals surface area contributed by atoms with Gasteiger partial charge in [-0.05, 0) is 0 Å². The summed E-state index contributed by atoms with van der Waals surface area (Å²) < 4.78 is 52.6. The van der Waals surface area contributed by atoms with Crippen LogP contribution in [0.4, 0.5) is 29.1 Å². The third-order valence-electron chi connectivity index (χ3n) is 3.76. The summed E-state index contributed by atoms with van der Waals surface area (Å²) in [5.41, 5.74) is -0.572. The Morgan fingerprint density at radius 3 is 2.30 bits per heavy atom. The number of fused-ring (bicyclic) bond motifs is 1. The van der Waals surface area contributed by atoms with Crippen molar-refractivity contribution in [3.63, 3.8) is 0 Å². The van der Waals surface area contributed by atoms with Crippen LogP contribution in [-0.4, -0.2) is 21.3 Å². The number of halogens is 4. The molecule has 13 heteroatoms. The monoisotopic (exact) mass is 386 g/mol. The van der Waals surface area contributed by atoms with Gasteiger partial charge in [-0.15, -0.1) is 0 Å². The maximum Gasteiger partial charge on any atom is 0.419 e. The Hall–Kier alpha value is -3.77. The van der Waals surface area contributed by atoms with Crippen LogP contribution in [0.5, 0.6) is 0 Å². The Balaban J connectivity index is 2.39. The van der Waals surface area contributed by atoms with E-state index in [1.807, 2.05) is 5.32 Å². The van der Waals surface area contributed by atoms with Crippen LogP contribution in [0.2, 0.25) is 0 Å². The van der Waals surface area contributed by atoms with Gasteiger partial charge in [-0.25, -0.2) is 4.39 Å². The van der Waals surface area contributed by atoms with E-state index in [1.54, 1.807) is 0 Å². The standard InChI is InChI=1S/C14H6F4N4O5/c15-6-3-7(8(22(26)27)2-5(6)14(16,17)18)21-9(23)1-4-10(11(21)19)13(25)20-12(4)24/h1-3H,19H2,(H,20,24,25). The first-order valence-electron chi connectivity index (χ1n) is 6.90. The topological polar surface area (TPSA) is 137 Å². The average Bonchev–Trinajstić information content (AvgIpc) is 2.80.